The number of thioether (sulfide) groups is 1. The van der Waals surface area contributed by atoms with Crippen LogP contribution in [0, 0.1) is 0 Å². The lowest BCUT2D eigenvalue weighted by Crippen LogP contribution is -2.10. The van der Waals surface area contributed by atoms with Gasteiger partial charge in [0.05, 0.1) is 11.4 Å². The summed E-state index contributed by atoms with van der Waals surface area (Å²) in [4.78, 5) is 0. The molecule has 19 heavy (non-hydrogen) atoms. The highest BCUT2D eigenvalue weighted by Crippen LogP contribution is 2.26. The first kappa shape index (κ1) is 14.1. The normalized spacial score (nSPS) is 11.6. The van der Waals surface area contributed by atoms with E-state index in [1.807, 2.05) is 6.07 Å². The summed E-state index contributed by atoms with van der Waals surface area (Å²) in [7, 11) is 0. The first-order valence-corrected chi connectivity index (χ1v) is 7.82. The maximum absolute atomic E-state index is 5.47. The average molecular weight is 275 g/mol. The van der Waals surface area contributed by atoms with Gasteiger partial charge < -0.3 is 9.73 Å². The second kappa shape index (κ2) is 5.74. The van der Waals surface area contributed by atoms with E-state index in [9.17, 15) is 0 Å². The predicted molar refractivity (Wildman–Crippen MR) is 84.4 cm³/mol. The van der Waals surface area contributed by atoms with Crippen molar-refractivity contribution in [2.45, 2.75) is 31.9 Å². The standard InChI is InChI=1S/C16H21NOS/c1-16(2,3)12-5-7-13(8-6-12)17-14-9-15(11-19-4)18-10-14/h5-10,17H,11H2,1-4H3. The van der Waals surface area contributed by atoms with E-state index in [4.69, 9.17) is 4.42 Å². The zero-order chi connectivity index (χ0) is 13.9. The molecular formula is C16H21NOS. The largest absolute Gasteiger partial charge is 0.466 e. The van der Waals surface area contributed by atoms with Gasteiger partial charge in [0.25, 0.3) is 0 Å². The molecule has 2 rings (SSSR count). The molecule has 0 amide bonds. The monoisotopic (exact) mass is 275 g/mol. The van der Waals surface area contributed by atoms with Gasteiger partial charge in [-0.2, -0.15) is 11.8 Å². The molecule has 102 valence electrons. The molecule has 0 radical (unpaired) electrons. The Kier molecular flexibility index (Phi) is 4.25. The highest BCUT2D eigenvalue weighted by atomic mass is 32.2. The van der Waals surface area contributed by atoms with Crippen molar-refractivity contribution >= 4 is 23.1 Å². The van der Waals surface area contributed by atoms with Crippen LogP contribution in [0.2, 0.25) is 0 Å². The highest BCUT2D eigenvalue weighted by Gasteiger charge is 2.12. The molecule has 1 heterocycles. The molecule has 0 saturated carbocycles. The molecule has 0 bridgehead atoms. The van der Waals surface area contributed by atoms with Crippen LogP contribution in [0.4, 0.5) is 11.4 Å². The quantitative estimate of drug-likeness (QED) is 0.832. The molecule has 0 aliphatic carbocycles. The van der Waals surface area contributed by atoms with Crippen molar-refractivity contribution < 1.29 is 4.42 Å². The fourth-order valence-corrected chi connectivity index (χ4v) is 2.32. The molecule has 0 fully saturated rings. The Labute approximate surface area is 119 Å². The summed E-state index contributed by atoms with van der Waals surface area (Å²) >= 11 is 1.76. The molecular weight excluding hydrogens is 254 g/mol. The Bertz CT molecular complexity index is 522. The molecule has 2 aromatic rings. The number of benzene rings is 1. The van der Waals surface area contributed by atoms with Gasteiger partial charge >= 0.3 is 0 Å². The Balaban J connectivity index is 2.06. The molecule has 2 nitrogen and oxygen atoms in total. The summed E-state index contributed by atoms with van der Waals surface area (Å²) in [5.41, 5.74) is 3.63. The van der Waals surface area contributed by atoms with Crippen LogP contribution in [-0.2, 0) is 11.2 Å². The van der Waals surface area contributed by atoms with E-state index in [0.29, 0.717) is 0 Å². The van der Waals surface area contributed by atoms with Crippen molar-refractivity contribution in [2.75, 3.05) is 11.6 Å². The summed E-state index contributed by atoms with van der Waals surface area (Å²) in [6, 6.07) is 10.6. The number of anilines is 2. The van der Waals surface area contributed by atoms with E-state index < -0.39 is 0 Å². The highest BCUT2D eigenvalue weighted by molar-refractivity contribution is 7.97. The van der Waals surface area contributed by atoms with E-state index in [1.165, 1.54) is 5.56 Å². The average Bonchev–Trinajstić information content (AvgIpc) is 2.77. The van der Waals surface area contributed by atoms with E-state index >= 15 is 0 Å². The van der Waals surface area contributed by atoms with Gasteiger partial charge in [-0.3, -0.25) is 0 Å². The fourth-order valence-electron chi connectivity index (χ4n) is 1.88. The molecule has 1 aromatic heterocycles. The van der Waals surface area contributed by atoms with Gasteiger partial charge in [0.15, 0.2) is 0 Å². The van der Waals surface area contributed by atoms with Crippen LogP contribution < -0.4 is 5.32 Å². The van der Waals surface area contributed by atoms with Gasteiger partial charge in [-0.15, -0.1) is 0 Å². The van der Waals surface area contributed by atoms with Crippen LogP contribution in [0.3, 0.4) is 0 Å². The minimum absolute atomic E-state index is 0.194. The van der Waals surface area contributed by atoms with Gasteiger partial charge in [0.2, 0.25) is 0 Å². The maximum atomic E-state index is 5.47. The molecule has 0 atom stereocenters. The first-order chi connectivity index (χ1) is 8.99. The van der Waals surface area contributed by atoms with Crippen molar-refractivity contribution in [2.24, 2.45) is 0 Å². The number of rotatable bonds is 4. The zero-order valence-electron chi connectivity index (χ0n) is 12.0. The fraction of sp³-hybridized carbons (Fsp3) is 0.375. The van der Waals surface area contributed by atoms with Gasteiger partial charge in [-0.25, -0.2) is 0 Å². The third-order valence-electron chi connectivity index (χ3n) is 2.98. The third-order valence-corrected chi connectivity index (χ3v) is 3.55. The van der Waals surface area contributed by atoms with Crippen LogP contribution in [-0.4, -0.2) is 6.26 Å². The summed E-state index contributed by atoms with van der Waals surface area (Å²) in [6.45, 7) is 6.67. The molecule has 0 unspecified atom stereocenters. The van der Waals surface area contributed by atoms with Crippen LogP contribution in [0.5, 0.6) is 0 Å². The summed E-state index contributed by atoms with van der Waals surface area (Å²) in [5.74, 6) is 1.91. The third kappa shape index (κ3) is 3.80. The first-order valence-electron chi connectivity index (χ1n) is 6.43. The van der Waals surface area contributed by atoms with Crippen LogP contribution >= 0.6 is 11.8 Å². The van der Waals surface area contributed by atoms with Crippen molar-refractivity contribution in [1.82, 2.24) is 0 Å². The minimum Gasteiger partial charge on any atom is -0.466 e. The van der Waals surface area contributed by atoms with E-state index in [2.05, 4.69) is 56.6 Å². The van der Waals surface area contributed by atoms with Crippen LogP contribution in [0.15, 0.2) is 41.0 Å². The molecule has 1 N–H and O–H groups in total. The number of hydrogen-bond acceptors (Lipinski definition) is 3. The lowest BCUT2D eigenvalue weighted by atomic mass is 9.87. The Morgan fingerprint density at radius 3 is 2.37 bits per heavy atom. The van der Waals surface area contributed by atoms with Crippen molar-refractivity contribution in [1.29, 1.82) is 0 Å². The predicted octanol–water partition coefficient (Wildman–Crippen LogP) is 5.18. The van der Waals surface area contributed by atoms with Crippen molar-refractivity contribution in [3.63, 3.8) is 0 Å². The molecule has 0 aliphatic rings. The number of nitrogens with one attached hydrogen (secondary N) is 1. The summed E-state index contributed by atoms with van der Waals surface area (Å²) in [6.07, 6.45) is 3.84. The van der Waals surface area contributed by atoms with Gasteiger partial charge in [-0.1, -0.05) is 32.9 Å². The minimum atomic E-state index is 0.194. The smallest absolute Gasteiger partial charge is 0.115 e. The van der Waals surface area contributed by atoms with E-state index in [0.717, 1.165) is 22.9 Å². The van der Waals surface area contributed by atoms with Crippen LogP contribution in [0.1, 0.15) is 32.1 Å². The molecule has 1 aromatic carbocycles. The van der Waals surface area contributed by atoms with E-state index in [1.54, 1.807) is 18.0 Å². The Morgan fingerprint density at radius 2 is 1.79 bits per heavy atom. The van der Waals surface area contributed by atoms with Gasteiger partial charge in [-0.05, 0) is 29.4 Å². The molecule has 3 heteroatoms. The lowest BCUT2D eigenvalue weighted by Gasteiger charge is -2.19. The number of furan rings is 1. The van der Waals surface area contributed by atoms with Gasteiger partial charge in [0, 0.05) is 11.8 Å². The van der Waals surface area contributed by atoms with Crippen LogP contribution in [0.25, 0.3) is 0 Å². The molecule has 0 saturated heterocycles. The topological polar surface area (TPSA) is 25.2 Å². The van der Waals surface area contributed by atoms with E-state index in [-0.39, 0.29) is 5.41 Å². The van der Waals surface area contributed by atoms with Crippen molar-refractivity contribution in [3.05, 3.63) is 47.9 Å². The lowest BCUT2D eigenvalue weighted by molar-refractivity contribution is 0.531. The van der Waals surface area contributed by atoms with Gasteiger partial charge in [0.1, 0.15) is 12.0 Å². The SMILES string of the molecule is CSCc1cc(Nc2ccc(C(C)(C)C)cc2)co1. The maximum Gasteiger partial charge on any atom is 0.115 e. The molecule has 0 aliphatic heterocycles. The summed E-state index contributed by atoms with van der Waals surface area (Å²) < 4.78 is 5.47. The summed E-state index contributed by atoms with van der Waals surface area (Å²) in [5, 5.41) is 3.36. The number of hydrogen-bond donors (Lipinski definition) is 1. The Hall–Kier alpha value is -1.35. The Morgan fingerprint density at radius 1 is 1.11 bits per heavy atom. The molecule has 0 spiro atoms. The second-order valence-corrected chi connectivity index (χ2v) is 6.55. The van der Waals surface area contributed by atoms with Crippen molar-refractivity contribution in [3.8, 4) is 0 Å². The second-order valence-electron chi connectivity index (χ2n) is 5.69. The zero-order valence-corrected chi connectivity index (χ0v) is 12.8.